The van der Waals surface area contributed by atoms with Crippen molar-refractivity contribution in [3.05, 3.63) is 52.0 Å². The van der Waals surface area contributed by atoms with Gasteiger partial charge in [0.25, 0.3) is 0 Å². The van der Waals surface area contributed by atoms with Gasteiger partial charge in [-0.3, -0.25) is 4.98 Å². The number of rotatable bonds is 3. The summed E-state index contributed by atoms with van der Waals surface area (Å²) in [7, 11) is 0. The topological polar surface area (TPSA) is 42.4 Å². The van der Waals surface area contributed by atoms with Gasteiger partial charge in [-0.25, -0.2) is 4.79 Å². The second-order valence-corrected chi connectivity index (χ2v) is 5.77. The van der Waals surface area contributed by atoms with Gasteiger partial charge in [-0.1, -0.05) is 6.07 Å². The molecule has 0 spiro atoms. The molecule has 0 saturated carbocycles. The Morgan fingerprint density at radius 1 is 1.45 bits per heavy atom. The number of hydrogen-bond acceptors (Lipinski definition) is 4. The maximum absolute atomic E-state index is 12.0. The highest BCUT2D eigenvalue weighted by molar-refractivity contribution is 7.10. The molecule has 1 amide bonds. The lowest BCUT2D eigenvalue weighted by Crippen LogP contribution is -2.36. The second-order valence-electron chi connectivity index (χ2n) is 4.77. The van der Waals surface area contributed by atoms with E-state index in [2.05, 4.69) is 16.4 Å². The van der Waals surface area contributed by atoms with Gasteiger partial charge >= 0.3 is 6.09 Å². The van der Waals surface area contributed by atoms with Crippen molar-refractivity contribution in [3.8, 4) is 0 Å². The molecule has 3 heterocycles. The number of aromatic nitrogens is 1. The minimum Gasteiger partial charge on any atom is -0.449 e. The zero-order chi connectivity index (χ0) is 13.8. The average molecular weight is 288 g/mol. The van der Waals surface area contributed by atoms with Crippen LogP contribution in [-0.2, 0) is 24.1 Å². The maximum atomic E-state index is 12.0. The molecule has 2 aromatic rings. The molecule has 0 saturated heterocycles. The van der Waals surface area contributed by atoms with E-state index in [1.165, 1.54) is 10.4 Å². The summed E-state index contributed by atoms with van der Waals surface area (Å²) < 4.78 is 5.34. The van der Waals surface area contributed by atoms with Crippen LogP contribution in [0.1, 0.15) is 16.0 Å². The number of ether oxygens (including phenoxy) is 1. The van der Waals surface area contributed by atoms with Gasteiger partial charge in [0.05, 0.1) is 13.2 Å². The van der Waals surface area contributed by atoms with Gasteiger partial charge in [-0.2, -0.15) is 0 Å². The maximum Gasteiger partial charge on any atom is 0.410 e. The fraction of sp³-hybridized carbons (Fsp3) is 0.333. The Kier molecular flexibility index (Phi) is 3.97. The molecule has 0 aromatic carbocycles. The molecule has 0 bridgehead atoms. The number of amides is 1. The third kappa shape index (κ3) is 2.99. The van der Waals surface area contributed by atoms with E-state index in [4.69, 9.17) is 4.74 Å². The summed E-state index contributed by atoms with van der Waals surface area (Å²) in [6.07, 6.45) is 4.95. The molecule has 1 aliphatic heterocycles. The van der Waals surface area contributed by atoms with Crippen LogP contribution in [0.15, 0.2) is 36.0 Å². The normalized spacial score (nSPS) is 13.9. The van der Waals surface area contributed by atoms with E-state index in [-0.39, 0.29) is 6.09 Å². The molecular formula is C15H16N2O2S. The van der Waals surface area contributed by atoms with Gasteiger partial charge in [0, 0.05) is 30.2 Å². The zero-order valence-corrected chi connectivity index (χ0v) is 11.9. The van der Waals surface area contributed by atoms with E-state index < -0.39 is 0 Å². The minimum absolute atomic E-state index is 0.215. The van der Waals surface area contributed by atoms with Crippen molar-refractivity contribution >= 4 is 17.4 Å². The van der Waals surface area contributed by atoms with Crippen molar-refractivity contribution in [1.82, 2.24) is 9.88 Å². The molecule has 0 aliphatic carbocycles. The van der Waals surface area contributed by atoms with Crippen LogP contribution in [-0.4, -0.2) is 29.1 Å². The lowest BCUT2D eigenvalue weighted by Gasteiger charge is -2.26. The standard InChI is InChI=1S/C15H16N2O2S/c18-15(19-8-4-12-2-1-6-16-10-12)17-7-3-13-5-9-20-14(13)11-17/h1-2,5-6,9-10H,3-4,7-8,11H2. The molecule has 4 nitrogen and oxygen atoms in total. The summed E-state index contributed by atoms with van der Waals surface area (Å²) in [5.41, 5.74) is 2.45. The number of nitrogens with zero attached hydrogens (tertiary/aromatic N) is 2. The quantitative estimate of drug-likeness (QED) is 0.872. The number of carbonyl (C=O) groups excluding carboxylic acids is 1. The Morgan fingerprint density at radius 3 is 3.25 bits per heavy atom. The minimum atomic E-state index is -0.215. The van der Waals surface area contributed by atoms with Crippen molar-refractivity contribution in [2.24, 2.45) is 0 Å². The molecule has 0 radical (unpaired) electrons. The highest BCUT2D eigenvalue weighted by Crippen LogP contribution is 2.24. The molecule has 3 rings (SSSR count). The first-order chi connectivity index (χ1) is 9.83. The van der Waals surface area contributed by atoms with Crippen molar-refractivity contribution in [3.63, 3.8) is 0 Å². The van der Waals surface area contributed by atoms with Crippen molar-refractivity contribution in [2.45, 2.75) is 19.4 Å². The Morgan fingerprint density at radius 2 is 2.40 bits per heavy atom. The van der Waals surface area contributed by atoms with Crippen molar-refractivity contribution < 1.29 is 9.53 Å². The highest BCUT2D eigenvalue weighted by Gasteiger charge is 2.22. The number of thiophene rings is 1. The predicted octanol–water partition coefficient (Wildman–Crippen LogP) is 2.88. The predicted molar refractivity (Wildman–Crippen MR) is 77.7 cm³/mol. The van der Waals surface area contributed by atoms with Gasteiger partial charge in [0.15, 0.2) is 0 Å². The molecule has 20 heavy (non-hydrogen) atoms. The number of pyridine rings is 1. The van der Waals surface area contributed by atoms with Crippen LogP contribution in [0.5, 0.6) is 0 Å². The monoisotopic (exact) mass is 288 g/mol. The Bertz CT molecular complexity index is 583. The molecular weight excluding hydrogens is 272 g/mol. The first-order valence-electron chi connectivity index (χ1n) is 6.69. The third-order valence-corrected chi connectivity index (χ3v) is 4.37. The first kappa shape index (κ1) is 13.1. The zero-order valence-electron chi connectivity index (χ0n) is 11.1. The van der Waals surface area contributed by atoms with Gasteiger partial charge in [0.1, 0.15) is 0 Å². The van der Waals surface area contributed by atoms with Crippen LogP contribution >= 0.6 is 11.3 Å². The molecule has 104 valence electrons. The van der Waals surface area contributed by atoms with Gasteiger partial charge in [-0.15, -0.1) is 11.3 Å². The molecule has 5 heteroatoms. The molecule has 0 N–H and O–H groups in total. The molecule has 2 aromatic heterocycles. The fourth-order valence-corrected chi connectivity index (χ4v) is 3.23. The van der Waals surface area contributed by atoms with Crippen LogP contribution in [0.3, 0.4) is 0 Å². The number of fused-ring (bicyclic) bond motifs is 1. The summed E-state index contributed by atoms with van der Waals surface area (Å²) in [4.78, 5) is 19.1. The first-order valence-corrected chi connectivity index (χ1v) is 7.57. The van der Waals surface area contributed by atoms with Crippen molar-refractivity contribution in [2.75, 3.05) is 13.2 Å². The molecule has 0 fully saturated rings. The fourth-order valence-electron chi connectivity index (χ4n) is 2.29. The van der Waals surface area contributed by atoms with E-state index in [0.29, 0.717) is 19.6 Å². The van der Waals surface area contributed by atoms with Crippen molar-refractivity contribution in [1.29, 1.82) is 0 Å². The van der Waals surface area contributed by atoms with E-state index in [0.717, 1.165) is 18.5 Å². The van der Waals surface area contributed by atoms with Gasteiger partial charge in [-0.05, 0) is 35.1 Å². The smallest absolute Gasteiger partial charge is 0.410 e. The molecule has 0 atom stereocenters. The number of hydrogen-bond donors (Lipinski definition) is 0. The Balaban J connectivity index is 1.48. The largest absolute Gasteiger partial charge is 0.449 e. The molecule has 0 unspecified atom stereocenters. The summed E-state index contributed by atoms with van der Waals surface area (Å²) >= 11 is 1.71. The highest BCUT2D eigenvalue weighted by atomic mass is 32.1. The Hall–Kier alpha value is -1.88. The summed E-state index contributed by atoms with van der Waals surface area (Å²) in [5.74, 6) is 0. The second kappa shape index (κ2) is 6.05. The van der Waals surface area contributed by atoms with Crippen LogP contribution in [0.25, 0.3) is 0 Å². The van der Waals surface area contributed by atoms with E-state index >= 15 is 0 Å². The van der Waals surface area contributed by atoms with Crippen LogP contribution in [0.2, 0.25) is 0 Å². The lowest BCUT2D eigenvalue weighted by molar-refractivity contribution is 0.0993. The van der Waals surface area contributed by atoms with E-state index in [1.54, 1.807) is 28.6 Å². The van der Waals surface area contributed by atoms with Crippen LogP contribution < -0.4 is 0 Å². The number of carbonyl (C=O) groups is 1. The van der Waals surface area contributed by atoms with Crippen LogP contribution in [0.4, 0.5) is 4.79 Å². The Labute approximate surface area is 122 Å². The van der Waals surface area contributed by atoms with Gasteiger partial charge in [0.2, 0.25) is 0 Å². The summed E-state index contributed by atoms with van der Waals surface area (Å²) in [6.45, 7) is 1.83. The van der Waals surface area contributed by atoms with Gasteiger partial charge < -0.3 is 9.64 Å². The summed E-state index contributed by atoms with van der Waals surface area (Å²) in [5, 5.41) is 2.09. The average Bonchev–Trinajstić information content (AvgIpc) is 2.95. The van der Waals surface area contributed by atoms with E-state index in [9.17, 15) is 4.79 Å². The SMILES string of the molecule is O=C(OCCc1cccnc1)N1CCc2ccsc2C1. The van der Waals surface area contributed by atoms with E-state index in [1.807, 2.05) is 12.1 Å². The summed E-state index contributed by atoms with van der Waals surface area (Å²) in [6, 6.07) is 6.02. The molecule has 1 aliphatic rings. The lowest BCUT2D eigenvalue weighted by atomic mass is 10.1. The third-order valence-electron chi connectivity index (χ3n) is 3.42. The van der Waals surface area contributed by atoms with Crippen LogP contribution in [0, 0.1) is 0 Å².